The zero-order chi connectivity index (χ0) is 13.3. The van der Waals surface area contributed by atoms with Crippen LogP contribution in [0.3, 0.4) is 0 Å². The molecule has 1 aliphatic carbocycles. The van der Waals surface area contributed by atoms with Crippen molar-refractivity contribution in [3.63, 3.8) is 0 Å². The van der Waals surface area contributed by atoms with Gasteiger partial charge in [-0.25, -0.2) is 4.79 Å². The van der Waals surface area contributed by atoms with Crippen LogP contribution in [0.4, 0.5) is 11.4 Å². The third-order valence-corrected chi connectivity index (χ3v) is 3.43. The number of hydrogen-bond acceptors (Lipinski definition) is 4. The van der Waals surface area contributed by atoms with E-state index in [0.717, 1.165) is 19.3 Å². The number of carboxylic acids is 1. The van der Waals surface area contributed by atoms with Crippen LogP contribution in [0, 0.1) is 10.1 Å². The number of anilines is 1. The summed E-state index contributed by atoms with van der Waals surface area (Å²) in [5, 5.41) is 20.1. The lowest BCUT2D eigenvalue weighted by Gasteiger charge is -2.36. The predicted molar refractivity (Wildman–Crippen MR) is 66.1 cm³/mol. The number of aromatic carboxylic acids is 1. The second-order valence-electron chi connectivity index (χ2n) is 4.43. The summed E-state index contributed by atoms with van der Waals surface area (Å²) in [6, 6.07) is 4.68. The minimum absolute atomic E-state index is 0.260. The number of carboxylic acid groups (broad SMARTS) is 1. The molecule has 18 heavy (non-hydrogen) atoms. The zero-order valence-corrected chi connectivity index (χ0v) is 10.00. The highest BCUT2D eigenvalue weighted by molar-refractivity contribution is 5.95. The molecule has 0 aliphatic heterocycles. The first-order chi connectivity index (χ1) is 8.52. The maximum Gasteiger partial charge on any atom is 0.342 e. The Labute approximate surface area is 104 Å². The molecule has 1 fully saturated rings. The van der Waals surface area contributed by atoms with Crippen LogP contribution in [-0.2, 0) is 0 Å². The molecule has 0 aromatic heterocycles. The molecular formula is C12H14N2O4. The summed E-state index contributed by atoms with van der Waals surface area (Å²) in [6.07, 6.45) is 3.09. The molecule has 0 radical (unpaired) electrons. The van der Waals surface area contributed by atoms with E-state index >= 15 is 0 Å². The number of para-hydroxylation sites is 1. The summed E-state index contributed by atoms with van der Waals surface area (Å²) < 4.78 is 0. The van der Waals surface area contributed by atoms with Crippen molar-refractivity contribution < 1.29 is 14.8 Å². The molecule has 0 amide bonds. The van der Waals surface area contributed by atoms with Crippen LogP contribution >= 0.6 is 0 Å². The summed E-state index contributed by atoms with van der Waals surface area (Å²) in [5.74, 6) is -1.27. The second kappa shape index (κ2) is 4.64. The Morgan fingerprint density at radius 2 is 2.17 bits per heavy atom. The van der Waals surface area contributed by atoms with E-state index in [-0.39, 0.29) is 17.3 Å². The molecular weight excluding hydrogens is 236 g/mol. The van der Waals surface area contributed by atoms with E-state index in [4.69, 9.17) is 5.11 Å². The Hall–Kier alpha value is -2.11. The summed E-state index contributed by atoms with van der Waals surface area (Å²) >= 11 is 0. The number of rotatable bonds is 4. The lowest BCUT2D eigenvalue weighted by atomic mass is 9.91. The fourth-order valence-corrected chi connectivity index (χ4v) is 2.15. The molecule has 0 bridgehead atoms. The van der Waals surface area contributed by atoms with Gasteiger partial charge in [0.15, 0.2) is 0 Å². The molecule has 0 saturated heterocycles. The van der Waals surface area contributed by atoms with E-state index in [1.54, 1.807) is 19.2 Å². The Morgan fingerprint density at radius 3 is 2.61 bits per heavy atom. The molecule has 1 N–H and O–H groups in total. The SMILES string of the molecule is CN(c1cccc(C(=O)O)c1[N+](=O)[O-])C1CCC1. The highest BCUT2D eigenvalue weighted by Gasteiger charge is 2.30. The van der Waals surface area contributed by atoms with Crippen LogP contribution in [0.15, 0.2) is 18.2 Å². The molecule has 96 valence electrons. The van der Waals surface area contributed by atoms with Crippen molar-refractivity contribution in [3.05, 3.63) is 33.9 Å². The van der Waals surface area contributed by atoms with Gasteiger partial charge in [-0.05, 0) is 31.4 Å². The van der Waals surface area contributed by atoms with E-state index in [1.807, 2.05) is 4.90 Å². The highest BCUT2D eigenvalue weighted by atomic mass is 16.6. The molecule has 1 aromatic carbocycles. The van der Waals surface area contributed by atoms with Crippen LogP contribution in [0.25, 0.3) is 0 Å². The van der Waals surface area contributed by atoms with Gasteiger partial charge in [0.25, 0.3) is 0 Å². The predicted octanol–water partition coefficient (Wildman–Crippen LogP) is 2.28. The average molecular weight is 250 g/mol. The number of nitro benzene ring substituents is 1. The van der Waals surface area contributed by atoms with Gasteiger partial charge in [-0.15, -0.1) is 0 Å². The number of carbonyl (C=O) groups is 1. The largest absolute Gasteiger partial charge is 0.477 e. The summed E-state index contributed by atoms with van der Waals surface area (Å²) in [5.41, 5.74) is -0.201. The number of hydrogen-bond donors (Lipinski definition) is 1. The summed E-state index contributed by atoms with van der Waals surface area (Å²) in [4.78, 5) is 23.3. The quantitative estimate of drug-likeness (QED) is 0.654. The standard InChI is InChI=1S/C12H14N2O4/c1-13(8-4-2-5-8)10-7-3-6-9(12(15)16)11(10)14(17)18/h3,6-8H,2,4-5H2,1H3,(H,15,16). The first-order valence-corrected chi connectivity index (χ1v) is 5.76. The molecule has 0 heterocycles. The average Bonchev–Trinajstić information content (AvgIpc) is 2.25. The van der Waals surface area contributed by atoms with E-state index < -0.39 is 10.9 Å². The van der Waals surface area contributed by atoms with Gasteiger partial charge in [0.05, 0.1) is 4.92 Å². The van der Waals surface area contributed by atoms with Crippen LogP contribution in [0.5, 0.6) is 0 Å². The third-order valence-electron chi connectivity index (χ3n) is 3.43. The lowest BCUT2D eigenvalue weighted by molar-refractivity contribution is -0.384. The highest BCUT2D eigenvalue weighted by Crippen LogP contribution is 2.36. The van der Waals surface area contributed by atoms with E-state index in [1.165, 1.54) is 6.07 Å². The number of benzene rings is 1. The normalized spacial score (nSPS) is 14.9. The Morgan fingerprint density at radius 1 is 1.50 bits per heavy atom. The van der Waals surface area contributed by atoms with E-state index in [2.05, 4.69) is 0 Å². The first-order valence-electron chi connectivity index (χ1n) is 5.76. The molecule has 1 aromatic rings. The fraction of sp³-hybridized carbons (Fsp3) is 0.417. The Bertz CT molecular complexity index is 497. The molecule has 0 unspecified atom stereocenters. The van der Waals surface area contributed by atoms with Gasteiger partial charge in [0.1, 0.15) is 11.3 Å². The molecule has 6 heteroatoms. The van der Waals surface area contributed by atoms with Gasteiger partial charge in [0.2, 0.25) is 0 Å². The van der Waals surface area contributed by atoms with Crippen LogP contribution in [-0.4, -0.2) is 29.1 Å². The second-order valence-corrected chi connectivity index (χ2v) is 4.43. The van der Waals surface area contributed by atoms with Crippen molar-refractivity contribution in [2.45, 2.75) is 25.3 Å². The van der Waals surface area contributed by atoms with E-state index in [9.17, 15) is 14.9 Å². The molecule has 0 spiro atoms. The van der Waals surface area contributed by atoms with Crippen LogP contribution in [0.2, 0.25) is 0 Å². The Kier molecular flexibility index (Phi) is 3.18. The topological polar surface area (TPSA) is 83.7 Å². The van der Waals surface area contributed by atoms with Crippen molar-refractivity contribution in [1.82, 2.24) is 0 Å². The molecule has 2 rings (SSSR count). The monoisotopic (exact) mass is 250 g/mol. The van der Waals surface area contributed by atoms with Crippen LogP contribution < -0.4 is 4.90 Å². The molecule has 0 atom stereocenters. The minimum Gasteiger partial charge on any atom is -0.477 e. The van der Waals surface area contributed by atoms with Gasteiger partial charge in [-0.3, -0.25) is 10.1 Å². The van der Waals surface area contributed by atoms with Crippen molar-refractivity contribution in [2.24, 2.45) is 0 Å². The van der Waals surface area contributed by atoms with E-state index in [0.29, 0.717) is 5.69 Å². The van der Waals surface area contributed by atoms with Gasteiger partial charge in [-0.2, -0.15) is 0 Å². The molecule has 1 saturated carbocycles. The smallest absolute Gasteiger partial charge is 0.342 e. The maximum absolute atomic E-state index is 11.1. The van der Waals surface area contributed by atoms with Crippen LogP contribution in [0.1, 0.15) is 29.6 Å². The zero-order valence-electron chi connectivity index (χ0n) is 10.00. The van der Waals surface area contributed by atoms with Crippen molar-refractivity contribution in [1.29, 1.82) is 0 Å². The molecule has 6 nitrogen and oxygen atoms in total. The minimum atomic E-state index is -1.27. The summed E-state index contributed by atoms with van der Waals surface area (Å²) in [6.45, 7) is 0. The van der Waals surface area contributed by atoms with Crippen molar-refractivity contribution >= 4 is 17.3 Å². The third kappa shape index (κ3) is 2.01. The number of nitro groups is 1. The Balaban J connectivity index is 2.48. The van der Waals surface area contributed by atoms with Gasteiger partial charge in [-0.1, -0.05) is 6.07 Å². The number of nitrogens with zero attached hydrogens (tertiary/aromatic N) is 2. The fourth-order valence-electron chi connectivity index (χ4n) is 2.15. The van der Waals surface area contributed by atoms with Crippen molar-refractivity contribution in [3.8, 4) is 0 Å². The maximum atomic E-state index is 11.1. The van der Waals surface area contributed by atoms with Gasteiger partial charge in [0, 0.05) is 13.1 Å². The van der Waals surface area contributed by atoms with Crippen molar-refractivity contribution in [2.75, 3.05) is 11.9 Å². The molecule has 1 aliphatic rings. The van der Waals surface area contributed by atoms with Gasteiger partial charge < -0.3 is 10.0 Å². The lowest BCUT2D eigenvalue weighted by Crippen LogP contribution is -2.37. The summed E-state index contributed by atoms with van der Waals surface area (Å²) in [7, 11) is 1.78. The first kappa shape index (κ1) is 12.3. The van der Waals surface area contributed by atoms with Gasteiger partial charge >= 0.3 is 11.7 Å².